The summed E-state index contributed by atoms with van der Waals surface area (Å²) >= 11 is 7.58. The van der Waals surface area contributed by atoms with E-state index in [1.807, 2.05) is 11.8 Å². The molecule has 4 heteroatoms. The lowest BCUT2D eigenvalue weighted by atomic mass is 10.2. The van der Waals surface area contributed by atoms with Gasteiger partial charge in [-0.3, -0.25) is 4.68 Å². The largest absolute Gasteiger partial charge is 0.265 e. The first kappa shape index (κ1) is 12.8. The molecule has 1 heterocycles. The summed E-state index contributed by atoms with van der Waals surface area (Å²) in [6.45, 7) is 3.05. The molecule has 0 saturated carbocycles. The number of rotatable bonds is 6. The number of hydrogen-bond acceptors (Lipinski definition) is 2. The summed E-state index contributed by atoms with van der Waals surface area (Å²) in [7, 11) is 0. The van der Waals surface area contributed by atoms with Crippen molar-refractivity contribution in [3.8, 4) is 0 Å². The second-order valence-corrected chi connectivity index (χ2v) is 5.36. The molecule has 0 aliphatic heterocycles. The van der Waals surface area contributed by atoms with Crippen LogP contribution in [0, 0.1) is 0 Å². The van der Waals surface area contributed by atoms with Gasteiger partial charge in [-0.25, -0.2) is 0 Å². The van der Waals surface area contributed by atoms with Crippen LogP contribution in [0.25, 0.3) is 10.9 Å². The standard InChI is InChI=1S/C13H17ClN2S/c1-2-16-13-7-4-3-6-11(13)12(15-16)10-17-9-5-8-14/h3-4,6-7H,2,5,8-10H2,1H3. The van der Waals surface area contributed by atoms with Gasteiger partial charge in [0.25, 0.3) is 0 Å². The normalized spacial score (nSPS) is 11.2. The molecule has 1 aromatic carbocycles. The molecule has 17 heavy (non-hydrogen) atoms. The monoisotopic (exact) mass is 268 g/mol. The van der Waals surface area contributed by atoms with E-state index >= 15 is 0 Å². The van der Waals surface area contributed by atoms with Crippen LogP contribution in [0.15, 0.2) is 24.3 Å². The lowest BCUT2D eigenvalue weighted by Gasteiger charge is -1.97. The van der Waals surface area contributed by atoms with Gasteiger partial charge in [-0.15, -0.1) is 11.6 Å². The fraction of sp³-hybridized carbons (Fsp3) is 0.462. The number of hydrogen-bond donors (Lipinski definition) is 0. The second kappa shape index (κ2) is 6.31. The third kappa shape index (κ3) is 2.96. The Kier molecular flexibility index (Phi) is 4.75. The predicted octanol–water partition coefficient (Wildman–Crippen LogP) is 3.92. The van der Waals surface area contributed by atoms with Crippen molar-refractivity contribution >= 4 is 34.3 Å². The molecule has 0 bridgehead atoms. The molecule has 0 unspecified atom stereocenters. The van der Waals surface area contributed by atoms with Gasteiger partial charge in [0.15, 0.2) is 0 Å². The number of benzene rings is 1. The smallest absolute Gasteiger partial charge is 0.0802 e. The molecule has 0 amide bonds. The second-order valence-electron chi connectivity index (χ2n) is 3.87. The van der Waals surface area contributed by atoms with Crippen LogP contribution >= 0.6 is 23.4 Å². The molecule has 1 aromatic heterocycles. The maximum Gasteiger partial charge on any atom is 0.0802 e. The number of fused-ring (bicyclic) bond motifs is 1. The zero-order valence-electron chi connectivity index (χ0n) is 10.0. The Labute approximate surface area is 111 Å². The third-order valence-electron chi connectivity index (χ3n) is 2.70. The molecular formula is C13H17ClN2S. The highest BCUT2D eigenvalue weighted by Gasteiger charge is 2.08. The van der Waals surface area contributed by atoms with Crippen LogP contribution in [0.1, 0.15) is 19.0 Å². The minimum atomic E-state index is 0.747. The van der Waals surface area contributed by atoms with Gasteiger partial charge in [0.1, 0.15) is 0 Å². The summed E-state index contributed by atoms with van der Waals surface area (Å²) in [5, 5.41) is 5.95. The number of thioether (sulfide) groups is 1. The Morgan fingerprint density at radius 1 is 1.35 bits per heavy atom. The Morgan fingerprint density at radius 3 is 2.94 bits per heavy atom. The highest BCUT2D eigenvalue weighted by atomic mass is 35.5. The quantitative estimate of drug-likeness (QED) is 0.584. The number of para-hydroxylation sites is 1. The van der Waals surface area contributed by atoms with Crippen LogP contribution in [-0.2, 0) is 12.3 Å². The topological polar surface area (TPSA) is 17.8 Å². The van der Waals surface area contributed by atoms with Crippen molar-refractivity contribution in [2.75, 3.05) is 11.6 Å². The first-order valence-corrected chi connectivity index (χ1v) is 7.64. The average molecular weight is 269 g/mol. The van der Waals surface area contributed by atoms with Gasteiger partial charge in [-0.05, 0) is 25.2 Å². The molecule has 0 fully saturated rings. The van der Waals surface area contributed by atoms with E-state index in [1.54, 1.807) is 0 Å². The van der Waals surface area contributed by atoms with E-state index < -0.39 is 0 Å². The summed E-state index contributed by atoms with van der Waals surface area (Å²) in [5.74, 6) is 2.83. The van der Waals surface area contributed by atoms with Crippen molar-refractivity contribution in [1.29, 1.82) is 0 Å². The molecule has 0 aliphatic rings. The van der Waals surface area contributed by atoms with E-state index in [0.29, 0.717) is 0 Å². The van der Waals surface area contributed by atoms with E-state index in [0.717, 1.165) is 30.4 Å². The Hall–Kier alpha value is -0.670. The molecule has 0 N–H and O–H groups in total. The summed E-state index contributed by atoms with van der Waals surface area (Å²) in [4.78, 5) is 0. The molecule has 0 atom stereocenters. The van der Waals surface area contributed by atoms with Gasteiger partial charge >= 0.3 is 0 Å². The molecule has 2 nitrogen and oxygen atoms in total. The molecule has 2 rings (SSSR count). The SMILES string of the molecule is CCn1nc(CSCCCCl)c2ccccc21. The Morgan fingerprint density at radius 2 is 2.18 bits per heavy atom. The third-order valence-corrected chi connectivity index (χ3v) is 4.02. The number of nitrogens with zero attached hydrogens (tertiary/aromatic N) is 2. The first-order chi connectivity index (χ1) is 8.36. The maximum absolute atomic E-state index is 5.67. The minimum Gasteiger partial charge on any atom is -0.265 e. The molecule has 92 valence electrons. The Bertz CT molecular complexity index is 481. The zero-order chi connectivity index (χ0) is 12.1. The number of aryl methyl sites for hydroxylation is 1. The van der Waals surface area contributed by atoms with E-state index in [4.69, 9.17) is 11.6 Å². The molecule has 0 radical (unpaired) electrons. The molecule has 0 spiro atoms. The highest BCUT2D eigenvalue weighted by molar-refractivity contribution is 7.98. The van der Waals surface area contributed by atoms with Crippen LogP contribution in [0.2, 0.25) is 0 Å². The highest BCUT2D eigenvalue weighted by Crippen LogP contribution is 2.22. The van der Waals surface area contributed by atoms with Gasteiger partial charge in [-0.1, -0.05) is 18.2 Å². The number of alkyl halides is 1. The van der Waals surface area contributed by atoms with Crippen molar-refractivity contribution in [2.24, 2.45) is 0 Å². The van der Waals surface area contributed by atoms with Gasteiger partial charge in [-0.2, -0.15) is 16.9 Å². The van der Waals surface area contributed by atoms with E-state index in [-0.39, 0.29) is 0 Å². The van der Waals surface area contributed by atoms with Crippen molar-refractivity contribution < 1.29 is 0 Å². The molecule has 0 saturated heterocycles. The fourth-order valence-corrected chi connectivity index (χ4v) is 3.06. The fourth-order valence-electron chi connectivity index (χ4n) is 1.87. The van der Waals surface area contributed by atoms with E-state index in [1.165, 1.54) is 16.6 Å². The molecular weight excluding hydrogens is 252 g/mol. The average Bonchev–Trinajstić information content (AvgIpc) is 2.73. The predicted molar refractivity (Wildman–Crippen MR) is 76.9 cm³/mol. The van der Waals surface area contributed by atoms with Crippen LogP contribution in [0.5, 0.6) is 0 Å². The summed E-state index contributed by atoms with van der Waals surface area (Å²) < 4.78 is 2.08. The van der Waals surface area contributed by atoms with Gasteiger partial charge in [0, 0.05) is 23.6 Å². The minimum absolute atomic E-state index is 0.747. The summed E-state index contributed by atoms with van der Waals surface area (Å²) in [5.41, 5.74) is 2.44. The summed E-state index contributed by atoms with van der Waals surface area (Å²) in [6, 6.07) is 8.45. The van der Waals surface area contributed by atoms with Gasteiger partial charge in [0.2, 0.25) is 0 Å². The summed E-state index contributed by atoms with van der Waals surface area (Å²) in [6.07, 6.45) is 1.07. The van der Waals surface area contributed by atoms with Crippen LogP contribution in [0.4, 0.5) is 0 Å². The zero-order valence-corrected chi connectivity index (χ0v) is 11.6. The van der Waals surface area contributed by atoms with Crippen molar-refractivity contribution in [3.63, 3.8) is 0 Å². The van der Waals surface area contributed by atoms with Crippen molar-refractivity contribution in [1.82, 2.24) is 9.78 Å². The van der Waals surface area contributed by atoms with E-state index in [9.17, 15) is 0 Å². The van der Waals surface area contributed by atoms with Crippen LogP contribution < -0.4 is 0 Å². The van der Waals surface area contributed by atoms with Crippen LogP contribution in [-0.4, -0.2) is 21.4 Å². The lowest BCUT2D eigenvalue weighted by Crippen LogP contribution is -1.96. The molecule has 2 aromatic rings. The number of halogens is 1. The maximum atomic E-state index is 5.67. The number of aromatic nitrogens is 2. The van der Waals surface area contributed by atoms with Crippen LogP contribution in [0.3, 0.4) is 0 Å². The Balaban J connectivity index is 2.16. The first-order valence-electron chi connectivity index (χ1n) is 5.95. The van der Waals surface area contributed by atoms with Gasteiger partial charge in [0.05, 0.1) is 11.2 Å². The van der Waals surface area contributed by atoms with E-state index in [2.05, 4.69) is 41.0 Å². The molecule has 0 aliphatic carbocycles. The van der Waals surface area contributed by atoms with Crippen molar-refractivity contribution in [3.05, 3.63) is 30.0 Å². The lowest BCUT2D eigenvalue weighted by molar-refractivity contribution is 0.675. The van der Waals surface area contributed by atoms with Gasteiger partial charge < -0.3 is 0 Å². The van der Waals surface area contributed by atoms with Crippen molar-refractivity contribution in [2.45, 2.75) is 25.6 Å².